The van der Waals surface area contributed by atoms with Crippen molar-refractivity contribution in [2.75, 3.05) is 0 Å². The number of para-hydroxylation sites is 1. The number of aliphatic carboxylic acids is 1. The molecule has 2 aromatic rings. The Morgan fingerprint density at radius 3 is 2.81 bits per heavy atom. The molecule has 0 amide bonds. The molecule has 0 saturated carbocycles. The van der Waals surface area contributed by atoms with E-state index in [0.29, 0.717) is 6.42 Å². The summed E-state index contributed by atoms with van der Waals surface area (Å²) in [6.45, 7) is 0. The van der Waals surface area contributed by atoms with Gasteiger partial charge in [-0.25, -0.2) is 0 Å². The van der Waals surface area contributed by atoms with Crippen LogP contribution in [0.5, 0.6) is 0 Å². The van der Waals surface area contributed by atoms with Crippen LogP contribution < -0.4 is 5.73 Å². The van der Waals surface area contributed by atoms with Crippen LogP contribution in [0.25, 0.3) is 10.9 Å². The van der Waals surface area contributed by atoms with Crippen molar-refractivity contribution in [2.45, 2.75) is 12.5 Å². The minimum Gasteiger partial charge on any atom is -0.480 e. The molecule has 5 heteroatoms. The number of fused-ring (bicyclic) bond motifs is 1. The molecule has 1 aromatic heterocycles. The topological polar surface area (TPSA) is 79.1 Å². The van der Waals surface area contributed by atoms with Gasteiger partial charge in [-0.05, 0) is 11.6 Å². The third-order valence-corrected chi connectivity index (χ3v) is 2.43. The summed E-state index contributed by atoms with van der Waals surface area (Å²) in [7, 11) is 0. The number of H-pyrrole nitrogens is 1. The normalized spacial score (nSPS) is 12.1. The molecular formula is C11H12GaN2O2. The van der Waals surface area contributed by atoms with Gasteiger partial charge in [-0.1, -0.05) is 18.2 Å². The van der Waals surface area contributed by atoms with E-state index < -0.39 is 12.0 Å². The van der Waals surface area contributed by atoms with E-state index in [1.165, 1.54) is 0 Å². The molecule has 3 radical (unpaired) electrons. The van der Waals surface area contributed by atoms with Gasteiger partial charge < -0.3 is 15.8 Å². The van der Waals surface area contributed by atoms with Gasteiger partial charge in [-0.3, -0.25) is 4.79 Å². The molecule has 1 atom stereocenters. The number of nitrogens with one attached hydrogen (secondary N) is 1. The van der Waals surface area contributed by atoms with Crippen molar-refractivity contribution in [1.29, 1.82) is 0 Å². The molecule has 81 valence electrons. The van der Waals surface area contributed by atoms with Crippen LogP contribution in [0, 0.1) is 0 Å². The van der Waals surface area contributed by atoms with E-state index in [-0.39, 0.29) is 19.8 Å². The van der Waals surface area contributed by atoms with Gasteiger partial charge in [0, 0.05) is 43.3 Å². The van der Waals surface area contributed by atoms with Crippen LogP contribution in [-0.2, 0) is 11.2 Å². The number of aromatic amines is 1. The maximum Gasteiger partial charge on any atom is 0.320 e. The number of nitrogens with two attached hydrogens (primary N) is 1. The van der Waals surface area contributed by atoms with Crippen LogP contribution in [0.1, 0.15) is 5.56 Å². The number of aromatic nitrogens is 1. The Morgan fingerprint density at radius 2 is 2.12 bits per heavy atom. The number of carboxylic acids is 1. The second-order valence-corrected chi connectivity index (χ2v) is 3.51. The largest absolute Gasteiger partial charge is 0.480 e. The first-order valence-corrected chi connectivity index (χ1v) is 4.72. The van der Waals surface area contributed by atoms with E-state index in [1.807, 2.05) is 30.5 Å². The third-order valence-electron chi connectivity index (χ3n) is 2.43. The summed E-state index contributed by atoms with van der Waals surface area (Å²) in [6, 6.07) is 6.91. The molecule has 0 aliphatic rings. The molecule has 0 fully saturated rings. The van der Waals surface area contributed by atoms with E-state index in [1.54, 1.807) is 0 Å². The smallest absolute Gasteiger partial charge is 0.320 e. The molecule has 0 saturated heterocycles. The Labute approximate surface area is 106 Å². The molecule has 2 rings (SSSR count). The summed E-state index contributed by atoms with van der Waals surface area (Å²) < 4.78 is 0. The second-order valence-electron chi connectivity index (χ2n) is 3.51. The maximum absolute atomic E-state index is 10.6. The van der Waals surface area contributed by atoms with Crippen molar-refractivity contribution < 1.29 is 9.90 Å². The second kappa shape index (κ2) is 5.24. The van der Waals surface area contributed by atoms with Gasteiger partial charge in [0.1, 0.15) is 6.04 Å². The molecule has 0 aliphatic carbocycles. The van der Waals surface area contributed by atoms with Crippen LogP contribution in [0.4, 0.5) is 0 Å². The fourth-order valence-corrected chi connectivity index (χ4v) is 1.62. The van der Waals surface area contributed by atoms with E-state index in [4.69, 9.17) is 10.8 Å². The van der Waals surface area contributed by atoms with Crippen molar-refractivity contribution in [1.82, 2.24) is 4.98 Å². The van der Waals surface area contributed by atoms with Crippen molar-refractivity contribution in [2.24, 2.45) is 5.73 Å². The average molecular weight is 274 g/mol. The molecular weight excluding hydrogens is 262 g/mol. The van der Waals surface area contributed by atoms with E-state index in [9.17, 15) is 4.79 Å². The molecule has 0 aliphatic heterocycles. The van der Waals surface area contributed by atoms with E-state index >= 15 is 0 Å². The summed E-state index contributed by atoms with van der Waals surface area (Å²) in [6.07, 6.45) is 2.16. The molecule has 4 nitrogen and oxygen atoms in total. The molecule has 1 unspecified atom stereocenters. The monoisotopic (exact) mass is 273 g/mol. The standard InChI is InChI=1S/C11H12N2O2.Ga/c12-9(11(14)15)5-7-6-13-10-4-2-1-3-8(7)10;/h1-4,6,9,13H,5,12H2,(H,14,15);. The van der Waals surface area contributed by atoms with Crippen LogP contribution in [0.15, 0.2) is 30.5 Å². The van der Waals surface area contributed by atoms with Crippen molar-refractivity contribution in [3.63, 3.8) is 0 Å². The van der Waals surface area contributed by atoms with E-state index in [2.05, 4.69) is 4.98 Å². The number of hydrogen-bond acceptors (Lipinski definition) is 2. The molecule has 1 aromatic carbocycles. The van der Waals surface area contributed by atoms with Crippen molar-refractivity contribution in [3.05, 3.63) is 36.0 Å². The predicted octanol–water partition coefficient (Wildman–Crippen LogP) is 0.742. The van der Waals surface area contributed by atoms with Gasteiger partial charge in [0.05, 0.1) is 0 Å². The van der Waals surface area contributed by atoms with Crippen LogP contribution in [0.2, 0.25) is 0 Å². The number of hydrogen-bond donors (Lipinski definition) is 3. The SMILES string of the molecule is NC(Cc1c[nH]c2ccccc12)C(=O)O.[Ga]. The zero-order valence-corrected chi connectivity index (χ0v) is 11.1. The Balaban J connectivity index is 0.00000128. The number of rotatable bonds is 3. The average Bonchev–Trinajstić information content (AvgIpc) is 2.62. The minimum absolute atomic E-state index is 0. The van der Waals surface area contributed by atoms with Gasteiger partial charge in [-0.15, -0.1) is 0 Å². The molecule has 4 N–H and O–H groups in total. The summed E-state index contributed by atoms with van der Waals surface area (Å²) in [4.78, 5) is 13.7. The maximum atomic E-state index is 10.6. The van der Waals surface area contributed by atoms with Gasteiger partial charge >= 0.3 is 5.97 Å². The Kier molecular flexibility index (Phi) is 4.23. The number of carbonyl (C=O) groups is 1. The first kappa shape index (κ1) is 12.9. The fourth-order valence-electron chi connectivity index (χ4n) is 1.62. The zero-order valence-electron chi connectivity index (χ0n) is 8.68. The number of benzene rings is 1. The summed E-state index contributed by atoms with van der Waals surface area (Å²) in [5, 5.41) is 9.75. The summed E-state index contributed by atoms with van der Waals surface area (Å²) in [5.74, 6) is -0.972. The Bertz CT molecular complexity index is 495. The Hall–Kier alpha value is -1.17. The first-order chi connectivity index (χ1) is 7.18. The summed E-state index contributed by atoms with van der Waals surface area (Å²) >= 11 is 0. The molecule has 16 heavy (non-hydrogen) atoms. The minimum atomic E-state index is -0.972. The fraction of sp³-hybridized carbons (Fsp3) is 0.182. The summed E-state index contributed by atoms with van der Waals surface area (Å²) in [5.41, 5.74) is 7.43. The van der Waals surface area contributed by atoms with Gasteiger partial charge in [-0.2, -0.15) is 0 Å². The van der Waals surface area contributed by atoms with E-state index in [0.717, 1.165) is 16.5 Å². The molecule has 1 heterocycles. The van der Waals surface area contributed by atoms with Gasteiger partial charge in [0.25, 0.3) is 0 Å². The van der Waals surface area contributed by atoms with Crippen LogP contribution >= 0.6 is 0 Å². The molecule has 0 spiro atoms. The Morgan fingerprint density at radius 1 is 1.44 bits per heavy atom. The quantitative estimate of drug-likeness (QED) is 0.722. The predicted molar refractivity (Wildman–Crippen MR) is 63.4 cm³/mol. The number of carboxylic acid groups (broad SMARTS) is 1. The van der Waals surface area contributed by atoms with Gasteiger partial charge in [0.15, 0.2) is 0 Å². The zero-order chi connectivity index (χ0) is 10.8. The van der Waals surface area contributed by atoms with Gasteiger partial charge in [0.2, 0.25) is 0 Å². The van der Waals surface area contributed by atoms with Crippen LogP contribution in [-0.4, -0.2) is 41.9 Å². The first-order valence-electron chi connectivity index (χ1n) is 4.72. The van der Waals surface area contributed by atoms with Crippen molar-refractivity contribution in [3.8, 4) is 0 Å². The third kappa shape index (κ3) is 2.49. The molecule has 0 bridgehead atoms. The van der Waals surface area contributed by atoms with Crippen LogP contribution in [0.3, 0.4) is 0 Å². The van der Waals surface area contributed by atoms with Crippen molar-refractivity contribution >= 4 is 36.7 Å².